The lowest BCUT2D eigenvalue weighted by molar-refractivity contribution is 0.155. The van der Waals surface area contributed by atoms with Gasteiger partial charge in [-0.15, -0.1) is 0 Å². The zero-order valence-corrected chi connectivity index (χ0v) is 13.8. The molecule has 1 heterocycles. The number of aliphatic hydroxyl groups is 1. The van der Waals surface area contributed by atoms with Gasteiger partial charge in [0.2, 0.25) is 0 Å². The Labute approximate surface area is 147 Å². The third-order valence-electron chi connectivity index (χ3n) is 4.60. The Hall–Kier alpha value is -2.78. The maximum Gasteiger partial charge on any atom is 0.136 e. The number of hydrogen-bond acceptors (Lipinski definition) is 3. The molecule has 3 aromatic carbocycles. The fourth-order valence-electron chi connectivity index (χ4n) is 3.33. The van der Waals surface area contributed by atoms with Crippen LogP contribution in [0.25, 0.3) is 0 Å². The number of aliphatic hydroxyl groups excluding tert-OH is 1. The lowest BCUT2D eigenvalue weighted by Gasteiger charge is -2.21. The number of para-hydroxylation sites is 2. The van der Waals surface area contributed by atoms with Crippen LogP contribution in [0.2, 0.25) is 0 Å². The van der Waals surface area contributed by atoms with E-state index < -0.39 is 0 Å². The molecule has 0 aliphatic carbocycles. The van der Waals surface area contributed by atoms with Gasteiger partial charge in [-0.1, -0.05) is 66.7 Å². The van der Waals surface area contributed by atoms with Gasteiger partial charge in [0.05, 0.1) is 12.5 Å². The van der Waals surface area contributed by atoms with Gasteiger partial charge in [0.25, 0.3) is 0 Å². The van der Waals surface area contributed by atoms with Crippen molar-refractivity contribution >= 4 is 0 Å². The first-order valence-electron chi connectivity index (χ1n) is 8.49. The number of benzene rings is 3. The van der Waals surface area contributed by atoms with Crippen LogP contribution in [0.4, 0.5) is 0 Å². The summed E-state index contributed by atoms with van der Waals surface area (Å²) in [4.78, 5) is 0. The molecule has 0 unspecified atom stereocenters. The van der Waals surface area contributed by atoms with Crippen molar-refractivity contribution in [3.8, 4) is 11.5 Å². The van der Waals surface area contributed by atoms with Crippen LogP contribution in [0.1, 0.15) is 28.7 Å². The molecule has 0 bridgehead atoms. The Bertz CT molecular complexity index is 845. The summed E-state index contributed by atoms with van der Waals surface area (Å²) >= 11 is 0. The topological polar surface area (TPSA) is 38.7 Å². The Morgan fingerprint density at radius 2 is 1.48 bits per heavy atom. The van der Waals surface area contributed by atoms with Gasteiger partial charge >= 0.3 is 0 Å². The van der Waals surface area contributed by atoms with Crippen LogP contribution in [0.5, 0.6) is 11.5 Å². The molecule has 3 aromatic rings. The molecule has 1 aliphatic heterocycles. The first-order chi connectivity index (χ1) is 12.4. The van der Waals surface area contributed by atoms with Crippen molar-refractivity contribution in [2.75, 3.05) is 6.61 Å². The highest BCUT2D eigenvalue weighted by atomic mass is 16.5. The van der Waals surface area contributed by atoms with Gasteiger partial charge in [0, 0.05) is 11.1 Å². The molecule has 0 aromatic heterocycles. The summed E-state index contributed by atoms with van der Waals surface area (Å²) in [5.41, 5.74) is 3.13. The van der Waals surface area contributed by atoms with Gasteiger partial charge in [-0.05, 0) is 17.7 Å². The summed E-state index contributed by atoms with van der Waals surface area (Å²) in [6.45, 7) is 0.538. The molecule has 0 fully saturated rings. The standard InChI is InChI=1S/C22H20O3/c23-14-19-17-10-4-7-13-21(17)25-22(19)18-11-5-6-12-20(18)24-15-16-8-2-1-3-9-16/h1-13,19,22-23H,14-15H2/t19-,22+/m0/s1. The normalized spacial score (nSPS) is 18.4. The summed E-state index contributed by atoms with van der Waals surface area (Å²) in [5, 5.41) is 9.92. The highest BCUT2D eigenvalue weighted by Crippen LogP contribution is 2.47. The van der Waals surface area contributed by atoms with Crippen LogP contribution in [0.15, 0.2) is 78.9 Å². The third-order valence-corrected chi connectivity index (χ3v) is 4.60. The summed E-state index contributed by atoms with van der Waals surface area (Å²) in [6, 6.07) is 25.9. The fourth-order valence-corrected chi connectivity index (χ4v) is 3.33. The van der Waals surface area contributed by atoms with Crippen molar-refractivity contribution in [2.24, 2.45) is 0 Å². The number of hydrogen-bond donors (Lipinski definition) is 1. The first kappa shape index (κ1) is 15.7. The average Bonchev–Trinajstić information content (AvgIpc) is 3.06. The van der Waals surface area contributed by atoms with Crippen LogP contribution in [-0.4, -0.2) is 11.7 Å². The molecule has 1 aliphatic rings. The molecule has 2 atom stereocenters. The van der Waals surface area contributed by atoms with Gasteiger partial charge < -0.3 is 14.6 Å². The lowest BCUT2D eigenvalue weighted by atomic mass is 9.91. The second-order valence-corrected chi connectivity index (χ2v) is 6.18. The summed E-state index contributed by atoms with van der Waals surface area (Å²) in [5.74, 6) is 1.55. The van der Waals surface area contributed by atoms with E-state index in [1.807, 2.05) is 78.9 Å². The summed E-state index contributed by atoms with van der Waals surface area (Å²) in [6.07, 6.45) is -0.241. The Balaban J connectivity index is 1.61. The minimum Gasteiger partial charge on any atom is -0.488 e. The molecule has 0 saturated heterocycles. The van der Waals surface area contributed by atoms with Gasteiger partial charge in [0.15, 0.2) is 0 Å². The predicted molar refractivity (Wildman–Crippen MR) is 96.9 cm³/mol. The zero-order chi connectivity index (χ0) is 17.1. The monoisotopic (exact) mass is 332 g/mol. The van der Waals surface area contributed by atoms with Gasteiger partial charge in [-0.3, -0.25) is 0 Å². The molecule has 0 saturated carbocycles. The van der Waals surface area contributed by atoms with Crippen molar-refractivity contribution in [1.82, 2.24) is 0 Å². The summed E-state index contributed by atoms with van der Waals surface area (Å²) in [7, 11) is 0. The summed E-state index contributed by atoms with van der Waals surface area (Å²) < 4.78 is 12.2. The Morgan fingerprint density at radius 1 is 0.800 bits per heavy atom. The molecule has 25 heavy (non-hydrogen) atoms. The van der Waals surface area contributed by atoms with Crippen LogP contribution >= 0.6 is 0 Å². The van der Waals surface area contributed by atoms with Crippen LogP contribution in [0.3, 0.4) is 0 Å². The molecule has 1 N–H and O–H groups in total. The predicted octanol–water partition coefficient (Wildman–Crippen LogP) is 4.48. The quantitative estimate of drug-likeness (QED) is 0.749. The highest BCUT2D eigenvalue weighted by Gasteiger charge is 2.36. The molecule has 0 spiro atoms. The van der Waals surface area contributed by atoms with E-state index in [1.165, 1.54) is 0 Å². The molecule has 4 rings (SSSR count). The second kappa shape index (κ2) is 6.99. The van der Waals surface area contributed by atoms with Gasteiger partial charge in [-0.2, -0.15) is 0 Å². The fraction of sp³-hybridized carbons (Fsp3) is 0.182. The number of rotatable bonds is 5. The molecular formula is C22H20O3. The zero-order valence-electron chi connectivity index (χ0n) is 13.8. The first-order valence-corrected chi connectivity index (χ1v) is 8.49. The van der Waals surface area contributed by atoms with Crippen molar-refractivity contribution in [3.05, 3.63) is 95.6 Å². The Kier molecular flexibility index (Phi) is 4.40. The smallest absolute Gasteiger partial charge is 0.136 e. The molecule has 126 valence electrons. The molecular weight excluding hydrogens is 312 g/mol. The molecule has 3 nitrogen and oxygen atoms in total. The van der Waals surface area contributed by atoms with Crippen molar-refractivity contribution < 1.29 is 14.6 Å². The molecule has 0 radical (unpaired) electrons. The maximum atomic E-state index is 9.92. The Morgan fingerprint density at radius 3 is 2.28 bits per heavy atom. The minimum atomic E-state index is -0.241. The van der Waals surface area contributed by atoms with E-state index >= 15 is 0 Å². The van der Waals surface area contributed by atoms with E-state index in [1.54, 1.807) is 0 Å². The van der Waals surface area contributed by atoms with Gasteiger partial charge in [-0.25, -0.2) is 0 Å². The van der Waals surface area contributed by atoms with Crippen LogP contribution < -0.4 is 9.47 Å². The van der Waals surface area contributed by atoms with E-state index in [0.29, 0.717) is 6.61 Å². The number of ether oxygens (including phenoxy) is 2. The van der Waals surface area contributed by atoms with Crippen molar-refractivity contribution in [3.63, 3.8) is 0 Å². The van der Waals surface area contributed by atoms with E-state index in [9.17, 15) is 5.11 Å². The lowest BCUT2D eigenvalue weighted by Crippen LogP contribution is -2.14. The van der Waals surface area contributed by atoms with E-state index in [0.717, 1.165) is 28.2 Å². The minimum absolute atomic E-state index is 0.0364. The van der Waals surface area contributed by atoms with E-state index in [2.05, 4.69) is 0 Å². The highest BCUT2D eigenvalue weighted by molar-refractivity contribution is 5.46. The van der Waals surface area contributed by atoms with E-state index in [-0.39, 0.29) is 18.6 Å². The van der Waals surface area contributed by atoms with E-state index in [4.69, 9.17) is 9.47 Å². The van der Waals surface area contributed by atoms with Crippen LogP contribution in [0, 0.1) is 0 Å². The van der Waals surface area contributed by atoms with Gasteiger partial charge in [0.1, 0.15) is 24.2 Å². The van der Waals surface area contributed by atoms with Crippen LogP contribution in [-0.2, 0) is 6.61 Å². The second-order valence-electron chi connectivity index (χ2n) is 6.18. The molecule has 3 heteroatoms. The number of fused-ring (bicyclic) bond motifs is 1. The average molecular weight is 332 g/mol. The van der Waals surface area contributed by atoms with Crippen molar-refractivity contribution in [2.45, 2.75) is 18.6 Å². The maximum absolute atomic E-state index is 9.92. The molecule has 0 amide bonds. The third kappa shape index (κ3) is 3.11. The van der Waals surface area contributed by atoms with Crippen molar-refractivity contribution in [1.29, 1.82) is 0 Å². The SMILES string of the molecule is OC[C@H]1c2ccccc2O[C@@H]1c1ccccc1OCc1ccccc1. The largest absolute Gasteiger partial charge is 0.488 e.